The summed E-state index contributed by atoms with van der Waals surface area (Å²) in [4.78, 5) is 37.2. The molecule has 0 saturated carbocycles. The fraction of sp³-hybridized carbons (Fsp3) is 0.0370. The molecule has 4 rings (SSSR count). The molecule has 7 nitrogen and oxygen atoms in total. The molecule has 0 spiro atoms. The topological polar surface area (TPSA) is 96.9 Å². The van der Waals surface area contributed by atoms with Gasteiger partial charge in [0.2, 0.25) is 0 Å². The summed E-state index contributed by atoms with van der Waals surface area (Å²) >= 11 is 11.8. The number of hydrazone groups is 1. The number of hydrogen-bond donors (Lipinski definition) is 2. The number of aryl methyl sites for hydroxylation is 1. The number of nitrogens with zero attached hydrogens (tertiary/aromatic N) is 1. The third-order valence-corrected chi connectivity index (χ3v) is 5.87. The largest absolute Gasteiger partial charge is 0.422 e. The Hall–Kier alpha value is -4.20. The van der Waals surface area contributed by atoms with Crippen LogP contribution in [0.1, 0.15) is 21.5 Å². The van der Waals surface area contributed by atoms with Crippen LogP contribution in [0.5, 0.6) is 5.75 Å². The monoisotopic (exact) mass is 519 g/mol. The predicted octanol–water partition coefficient (Wildman–Crippen LogP) is 5.76. The van der Waals surface area contributed by atoms with Crippen molar-refractivity contribution in [1.29, 1.82) is 0 Å². The molecule has 180 valence electrons. The summed E-state index contributed by atoms with van der Waals surface area (Å²) in [5, 5.41) is 8.49. The Labute approximate surface area is 216 Å². The van der Waals surface area contributed by atoms with Gasteiger partial charge in [-0.2, -0.15) is 5.10 Å². The van der Waals surface area contributed by atoms with E-state index < -0.39 is 17.8 Å². The average Bonchev–Trinajstić information content (AvgIpc) is 2.87. The number of nitrogens with one attached hydrogen (secondary N) is 2. The highest BCUT2D eigenvalue weighted by Crippen LogP contribution is 2.28. The van der Waals surface area contributed by atoms with Gasteiger partial charge in [-0.1, -0.05) is 71.2 Å². The lowest BCUT2D eigenvalue weighted by Gasteiger charge is -2.11. The molecule has 0 fully saturated rings. The second kappa shape index (κ2) is 11.0. The summed E-state index contributed by atoms with van der Waals surface area (Å²) in [6, 6.07) is 22.4. The van der Waals surface area contributed by atoms with E-state index in [-0.39, 0.29) is 10.8 Å². The van der Waals surface area contributed by atoms with Gasteiger partial charge in [0.15, 0.2) is 0 Å². The molecule has 0 atom stereocenters. The van der Waals surface area contributed by atoms with Crippen LogP contribution in [-0.2, 0) is 9.59 Å². The number of rotatable bonds is 5. The van der Waals surface area contributed by atoms with Gasteiger partial charge in [-0.05, 0) is 54.1 Å². The zero-order valence-corrected chi connectivity index (χ0v) is 20.4. The Morgan fingerprint density at radius 1 is 0.861 bits per heavy atom. The lowest BCUT2D eigenvalue weighted by molar-refractivity contribution is -0.136. The lowest BCUT2D eigenvalue weighted by atomic mass is 10.0. The summed E-state index contributed by atoms with van der Waals surface area (Å²) in [6.45, 7) is 1.88. The van der Waals surface area contributed by atoms with Gasteiger partial charge >= 0.3 is 17.8 Å². The Morgan fingerprint density at radius 2 is 1.67 bits per heavy atom. The summed E-state index contributed by atoms with van der Waals surface area (Å²) in [5.41, 5.74) is 4.26. The molecule has 0 radical (unpaired) electrons. The second-order valence-corrected chi connectivity index (χ2v) is 8.55. The van der Waals surface area contributed by atoms with E-state index in [1.54, 1.807) is 24.3 Å². The van der Waals surface area contributed by atoms with E-state index in [0.29, 0.717) is 21.8 Å². The molecule has 4 aromatic carbocycles. The molecule has 0 aromatic heterocycles. The van der Waals surface area contributed by atoms with E-state index in [1.807, 2.05) is 43.3 Å². The third-order valence-electron chi connectivity index (χ3n) is 5.13. The maximum Gasteiger partial charge on any atom is 0.343 e. The minimum atomic E-state index is -1.00. The molecular formula is C27H19Cl2N3O4. The van der Waals surface area contributed by atoms with Crippen LogP contribution in [0.2, 0.25) is 10.0 Å². The van der Waals surface area contributed by atoms with Crippen molar-refractivity contribution >= 4 is 63.7 Å². The van der Waals surface area contributed by atoms with Crippen molar-refractivity contribution in [2.45, 2.75) is 6.92 Å². The first-order chi connectivity index (χ1) is 17.3. The molecule has 0 unspecified atom stereocenters. The minimum absolute atomic E-state index is 0.233. The van der Waals surface area contributed by atoms with E-state index in [9.17, 15) is 14.4 Å². The van der Waals surface area contributed by atoms with Crippen molar-refractivity contribution in [3.05, 3.63) is 106 Å². The van der Waals surface area contributed by atoms with Crippen molar-refractivity contribution in [2.24, 2.45) is 5.10 Å². The van der Waals surface area contributed by atoms with E-state index in [4.69, 9.17) is 27.9 Å². The van der Waals surface area contributed by atoms with Gasteiger partial charge in [0.1, 0.15) is 5.75 Å². The van der Waals surface area contributed by atoms with Crippen molar-refractivity contribution in [3.8, 4) is 5.75 Å². The first-order valence-electron chi connectivity index (χ1n) is 10.7. The number of amides is 2. The molecule has 0 saturated heterocycles. The third kappa shape index (κ3) is 5.89. The fourth-order valence-electron chi connectivity index (χ4n) is 3.40. The quantitative estimate of drug-likeness (QED) is 0.115. The Balaban J connectivity index is 1.53. The van der Waals surface area contributed by atoms with E-state index in [0.717, 1.165) is 16.3 Å². The second-order valence-electron chi connectivity index (χ2n) is 7.74. The molecule has 4 aromatic rings. The van der Waals surface area contributed by atoms with Crippen molar-refractivity contribution in [2.75, 3.05) is 5.32 Å². The molecule has 0 aliphatic heterocycles. The number of carbonyl (C=O) groups is 3. The SMILES string of the molecule is Cc1cccc(C(=O)Oc2ccc3ccccc3c2/C=N\NC(=O)C(=O)Nc2ccc(Cl)c(Cl)c2)c1. The van der Waals surface area contributed by atoms with Gasteiger partial charge in [0.25, 0.3) is 0 Å². The number of fused-ring (bicyclic) bond motifs is 1. The number of halogens is 2. The molecule has 0 aliphatic carbocycles. The van der Waals surface area contributed by atoms with E-state index in [1.165, 1.54) is 24.4 Å². The summed E-state index contributed by atoms with van der Waals surface area (Å²) in [7, 11) is 0. The lowest BCUT2D eigenvalue weighted by Crippen LogP contribution is -2.32. The van der Waals surface area contributed by atoms with Crippen LogP contribution in [-0.4, -0.2) is 24.0 Å². The zero-order chi connectivity index (χ0) is 25.7. The number of benzene rings is 4. The Morgan fingerprint density at radius 3 is 2.44 bits per heavy atom. The molecule has 2 amide bonds. The summed E-state index contributed by atoms with van der Waals surface area (Å²) in [6.07, 6.45) is 1.32. The van der Waals surface area contributed by atoms with Crippen LogP contribution in [0.15, 0.2) is 84.0 Å². The molecule has 0 bridgehead atoms. The number of esters is 1. The highest BCUT2D eigenvalue weighted by atomic mass is 35.5. The molecule has 2 N–H and O–H groups in total. The average molecular weight is 520 g/mol. The van der Waals surface area contributed by atoms with Gasteiger partial charge in [0, 0.05) is 11.3 Å². The fourth-order valence-corrected chi connectivity index (χ4v) is 3.69. The molecule has 9 heteroatoms. The van der Waals surface area contributed by atoms with Gasteiger partial charge < -0.3 is 10.1 Å². The van der Waals surface area contributed by atoms with Crippen LogP contribution in [0.4, 0.5) is 5.69 Å². The number of ether oxygens (including phenoxy) is 1. The molecule has 0 aliphatic rings. The van der Waals surface area contributed by atoms with Gasteiger partial charge in [0.05, 0.1) is 21.8 Å². The summed E-state index contributed by atoms with van der Waals surface area (Å²) < 4.78 is 5.65. The summed E-state index contributed by atoms with van der Waals surface area (Å²) in [5.74, 6) is -2.24. The molecule has 0 heterocycles. The standard InChI is InChI=1S/C27H19Cl2N3O4/c1-16-5-4-7-18(13-16)27(35)36-24-12-9-17-6-2-3-8-20(17)21(24)15-30-32-26(34)25(33)31-19-10-11-22(28)23(29)14-19/h2-15H,1H3,(H,31,33)(H,32,34)/b30-15-. The highest BCUT2D eigenvalue weighted by molar-refractivity contribution is 6.43. The van der Waals surface area contributed by atoms with Crippen LogP contribution in [0.3, 0.4) is 0 Å². The zero-order valence-electron chi connectivity index (χ0n) is 18.9. The van der Waals surface area contributed by atoms with Gasteiger partial charge in [-0.3, -0.25) is 9.59 Å². The normalized spacial score (nSPS) is 10.9. The maximum atomic E-state index is 12.7. The number of anilines is 1. The smallest absolute Gasteiger partial charge is 0.343 e. The number of hydrogen-bond acceptors (Lipinski definition) is 5. The van der Waals surface area contributed by atoms with Gasteiger partial charge in [-0.15, -0.1) is 0 Å². The first-order valence-corrected chi connectivity index (χ1v) is 11.5. The minimum Gasteiger partial charge on any atom is -0.422 e. The molecule has 36 heavy (non-hydrogen) atoms. The van der Waals surface area contributed by atoms with Crippen LogP contribution >= 0.6 is 23.2 Å². The Kier molecular flexibility index (Phi) is 7.63. The van der Waals surface area contributed by atoms with Crippen molar-refractivity contribution < 1.29 is 19.1 Å². The Bertz CT molecular complexity index is 1520. The van der Waals surface area contributed by atoms with Crippen molar-refractivity contribution in [1.82, 2.24) is 5.43 Å². The van der Waals surface area contributed by atoms with Crippen LogP contribution in [0, 0.1) is 6.92 Å². The van der Waals surface area contributed by atoms with Crippen molar-refractivity contribution in [3.63, 3.8) is 0 Å². The van der Waals surface area contributed by atoms with Crippen LogP contribution in [0.25, 0.3) is 10.8 Å². The van der Waals surface area contributed by atoms with E-state index in [2.05, 4.69) is 15.8 Å². The number of carbonyl (C=O) groups excluding carboxylic acids is 3. The highest BCUT2D eigenvalue weighted by Gasteiger charge is 2.16. The predicted molar refractivity (Wildman–Crippen MR) is 141 cm³/mol. The molecular weight excluding hydrogens is 501 g/mol. The van der Waals surface area contributed by atoms with E-state index >= 15 is 0 Å². The maximum absolute atomic E-state index is 12.7. The van der Waals surface area contributed by atoms with Gasteiger partial charge in [-0.25, -0.2) is 10.2 Å². The first kappa shape index (κ1) is 24.9. The van der Waals surface area contributed by atoms with Crippen LogP contribution < -0.4 is 15.5 Å².